The largest absolute Gasteiger partial charge is 0.502 e. The van der Waals surface area contributed by atoms with Gasteiger partial charge in [-0.05, 0) is 6.42 Å². The average Bonchev–Trinajstić information content (AvgIpc) is 1.78. The van der Waals surface area contributed by atoms with E-state index in [2.05, 4.69) is 32.3 Å². The van der Waals surface area contributed by atoms with Crippen LogP contribution in [0.2, 0.25) is 19.6 Å². The molecule has 0 heterocycles. The third-order valence-corrected chi connectivity index (χ3v) is 2.12. The predicted octanol–water partition coefficient (Wildman–Crippen LogP) is 2.80. The summed E-state index contributed by atoms with van der Waals surface area (Å²) in [6, 6.07) is 0. The van der Waals surface area contributed by atoms with Crippen LogP contribution in [0, 0.1) is 0 Å². The predicted molar refractivity (Wildman–Crippen MR) is 48.7 cm³/mol. The van der Waals surface area contributed by atoms with Crippen LogP contribution in [-0.4, -0.2) is 14.7 Å². The Morgan fingerprint density at radius 1 is 1.30 bits per heavy atom. The van der Waals surface area contributed by atoms with Crippen LogP contribution in [-0.2, 0) is 4.74 Å². The van der Waals surface area contributed by atoms with Gasteiger partial charge >= 0.3 is 0 Å². The van der Waals surface area contributed by atoms with Gasteiger partial charge in [0.05, 0.1) is 20.9 Å². The first-order valence-electron chi connectivity index (χ1n) is 3.85. The summed E-state index contributed by atoms with van der Waals surface area (Å²) < 4.78 is 5.21. The second-order valence-electron chi connectivity index (χ2n) is 3.54. The van der Waals surface area contributed by atoms with Crippen LogP contribution in [0.15, 0.2) is 12.0 Å². The van der Waals surface area contributed by atoms with E-state index in [4.69, 9.17) is 4.74 Å². The molecule has 0 aliphatic carbocycles. The topological polar surface area (TPSA) is 9.23 Å². The summed E-state index contributed by atoms with van der Waals surface area (Å²) in [5.41, 5.74) is 2.21. The minimum atomic E-state index is -1.01. The molecular weight excluding hydrogens is 140 g/mol. The van der Waals surface area contributed by atoms with Gasteiger partial charge in [-0.2, -0.15) is 0 Å². The lowest BCUT2D eigenvalue weighted by Gasteiger charge is -2.07. The number of rotatable bonds is 4. The van der Waals surface area contributed by atoms with Crippen molar-refractivity contribution >= 4 is 8.07 Å². The molecule has 0 N–H and O–H groups in total. The van der Waals surface area contributed by atoms with Crippen LogP contribution in [0.5, 0.6) is 0 Å². The number of hydrogen-bond acceptors (Lipinski definition) is 1. The zero-order valence-electron chi connectivity index (χ0n) is 7.48. The van der Waals surface area contributed by atoms with E-state index in [-0.39, 0.29) is 0 Å². The van der Waals surface area contributed by atoms with E-state index >= 15 is 0 Å². The van der Waals surface area contributed by atoms with Crippen molar-refractivity contribution in [1.29, 1.82) is 0 Å². The molecule has 0 unspecified atom stereocenters. The Morgan fingerprint density at radius 2 is 1.90 bits per heavy atom. The fraction of sp³-hybridized carbons (Fsp3) is 0.750. The number of ether oxygens (including phenoxy) is 1. The summed E-state index contributed by atoms with van der Waals surface area (Å²) >= 11 is 0. The average molecular weight is 158 g/mol. The SMILES string of the molecule is CCCO/C=C\[Si](C)(C)C. The zero-order chi connectivity index (χ0) is 8.04. The van der Waals surface area contributed by atoms with Crippen LogP contribution in [0.4, 0.5) is 0 Å². The Labute approximate surface area is 65.1 Å². The molecule has 2 heteroatoms. The molecule has 0 amide bonds. The molecule has 0 aromatic heterocycles. The molecule has 0 fully saturated rings. The van der Waals surface area contributed by atoms with E-state index in [9.17, 15) is 0 Å². The minimum Gasteiger partial charge on any atom is -0.502 e. The molecule has 0 bridgehead atoms. The van der Waals surface area contributed by atoms with Crippen LogP contribution in [0.1, 0.15) is 13.3 Å². The lowest BCUT2D eigenvalue weighted by molar-refractivity contribution is 0.250. The highest BCUT2D eigenvalue weighted by Crippen LogP contribution is 2.01. The molecule has 1 nitrogen and oxygen atoms in total. The van der Waals surface area contributed by atoms with Crippen molar-refractivity contribution in [3.05, 3.63) is 12.0 Å². The molecule has 0 aromatic rings. The summed E-state index contributed by atoms with van der Waals surface area (Å²) in [4.78, 5) is 0. The third-order valence-electron chi connectivity index (χ3n) is 0.986. The maximum Gasteiger partial charge on any atom is 0.0870 e. The lowest BCUT2D eigenvalue weighted by Crippen LogP contribution is -2.15. The van der Waals surface area contributed by atoms with Gasteiger partial charge in [0.1, 0.15) is 0 Å². The van der Waals surface area contributed by atoms with E-state index in [0.717, 1.165) is 13.0 Å². The highest BCUT2D eigenvalue weighted by atomic mass is 28.3. The summed E-state index contributed by atoms with van der Waals surface area (Å²) in [5.74, 6) is 0. The second-order valence-corrected chi connectivity index (χ2v) is 8.60. The first kappa shape index (κ1) is 9.76. The lowest BCUT2D eigenvalue weighted by atomic mass is 10.5. The summed E-state index contributed by atoms with van der Waals surface area (Å²) in [7, 11) is -1.01. The van der Waals surface area contributed by atoms with Crippen LogP contribution < -0.4 is 0 Å². The maximum atomic E-state index is 5.21. The highest BCUT2D eigenvalue weighted by molar-refractivity contribution is 6.80. The van der Waals surface area contributed by atoms with Gasteiger partial charge in [-0.15, -0.1) is 0 Å². The molecule has 0 aliphatic rings. The maximum absolute atomic E-state index is 5.21. The van der Waals surface area contributed by atoms with Gasteiger partial charge in [-0.3, -0.25) is 0 Å². The smallest absolute Gasteiger partial charge is 0.0870 e. The van der Waals surface area contributed by atoms with Gasteiger partial charge in [0, 0.05) is 0 Å². The molecular formula is C8H18OSi. The Bertz CT molecular complexity index is 102. The van der Waals surface area contributed by atoms with E-state index in [1.165, 1.54) is 0 Å². The van der Waals surface area contributed by atoms with Crippen molar-refractivity contribution in [2.24, 2.45) is 0 Å². The van der Waals surface area contributed by atoms with Crippen molar-refractivity contribution < 1.29 is 4.74 Å². The van der Waals surface area contributed by atoms with Crippen molar-refractivity contribution in [2.45, 2.75) is 33.0 Å². The molecule has 0 atom stereocenters. The fourth-order valence-electron chi connectivity index (χ4n) is 0.438. The second kappa shape index (κ2) is 4.55. The van der Waals surface area contributed by atoms with Gasteiger partial charge in [0.2, 0.25) is 0 Å². The Morgan fingerprint density at radius 3 is 2.30 bits per heavy atom. The van der Waals surface area contributed by atoms with Crippen molar-refractivity contribution in [3.8, 4) is 0 Å². The first-order valence-corrected chi connectivity index (χ1v) is 7.43. The molecule has 60 valence electrons. The van der Waals surface area contributed by atoms with Gasteiger partial charge in [0.15, 0.2) is 0 Å². The molecule has 0 radical (unpaired) electrons. The minimum absolute atomic E-state index is 0.848. The zero-order valence-corrected chi connectivity index (χ0v) is 8.48. The molecule has 10 heavy (non-hydrogen) atoms. The highest BCUT2D eigenvalue weighted by Gasteiger charge is 2.06. The third kappa shape index (κ3) is 7.76. The van der Waals surface area contributed by atoms with Crippen molar-refractivity contribution in [2.75, 3.05) is 6.61 Å². The van der Waals surface area contributed by atoms with E-state index in [0.29, 0.717) is 0 Å². The van der Waals surface area contributed by atoms with E-state index in [1.54, 1.807) is 0 Å². The Kier molecular flexibility index (Phi) is 4.44. The molecule has 0 saturated carbocycles. The number of hydrogen-bond donors (Lipinski definition) is 0. The first-order chi connectivity index (χ1) is 4.56. The Balaban J connectivity index is 3.37. The quantitative estimate of drug-likeness (QED) is 0.347. The summed E-state index contributed by atoms with van der Waals surface area (Å²) in [5, 5.41) is 0. The van der Waals surface area contributed by atoms with Crippen molar-refractivity contribution in [3.63, 3.8) is 0 Å². The van der Waals surface area contributed by atoms with Crippen LogP contribution in [0.25, 0.3) is 0 Å². The molecule has 0 saturated heterocycles. The van der Waals surface area contributed by atoms with Gasteiger partial charge < -0.3 is 4.74 Å². The fourth-order valence-corrected chi connectivity index (χ4v) is 0.943. The monoisotopic (exact) mass is 158 g/mol. The van der Waals surface area contributed by atoms with Crippen LogP contribution in [0.3, 0.4) is 0 Å². The van der Waals surface area contributed by atoms with Gasteiger partial charge in [-0.25, -0.2) is 0 Å². The molecule has 0 aromatic carbocycles. The van der Waals surface area contributed by atoms with E-state index in [1.807, 2.05) is 6.26 Å². The van der Waals surface area contributed by atoms with Gasteiger partial charge in [-0.1, -0.05) is 32.3 Å². The van der Waals surface area contributed by atoms with Gasteiger partial charge in [0.25, 0.3) is 0 Å². The standard InChI is InChI=1S/C8H18OSi/c1-5-6-9-7-8-10(2,3)4/h7-8H,5-6H2,1-4H3/b8-7-. The van der Waals surface area contributed by atoms with Crippen LogP contribution >= 0.6 is 0 Å². The summed E-state index contributed by atoms with van der Waals surface area (Å²) in [6.45, 7) is 9.83. The van der Waals surface area contributed by atoms with Crippen molar-refractivity contribution in [1.82, 2.24) is 0 Å². The normalized spacial score (nSPS) is 12.4. The molecule has 0 spiro atoms. The molecule has 0 rings (SSSR count). The van der Waals surface area contributed by atoms with E-state index < -0.39 is 8.07 Å². The Hall–Kier alpha value is -0.243. The summed E-state index contributed by atoms with van der Waals surface area (Å²) in [6.07, 6.45) is 2.95. The molecule has 0 aliphatic heterocycles.